The Kier molecular flexibility index (Phi) is 5.38. The summed E-state index contributed by atoms with van der Waals surface area (Å²) < 4.78 is 6.08. The van der Waals surface area contributed by atoms with Gasteiger partial charge < -0.3 is 10.1 Å². The minimum Gasteiger partial charge on any atom is -0.491 e. The number of fused-ring (bicyclic) bond motifs is 1. The summed E-state index contributed by atoms with van der Waals surface area (Å²) in [6.07, 6.45) is 0. The average Bonchev–Trinajstić information content (AvgIpc) is 2.76. The van der Waals surface area contributed by atoms with Crippen molar-refractivity contribution in [1.82, 2.24) is 10.6 Å². The fourth-order valence-electron chi connectivity index (χ4n) is 4.27. The first-order chi connectivity index (χ1) is 12.6. The van der Waals surface area contributed by atoms with E-state index in [1.807, 2.05) is 0 Å². The predicted octanol–water partition coefficient (Wildman–Crippen LogP) is 4.93. The lowest BCUT2D eigenvalue weighted by Crippen LogP contribution is -2.39. The van der Waals surface area contributed by atoms with Crippen LogP contribution in [-0.2, 0) is 17.6 Å². The summed E-state index contributed by atoms with van der Waals surface area (Å²) in [4.78, 5) is 0. The van der Waals surface area contributed by atoms with Gasteiger partial charge in [0.05, 0.1) is 0 Å². The normalized spacial score (nSPS) is 18.2. The van der Waals surface area contributed by atoms with Gasteiger partial charge in [-0.15, -0.1) is 0 Å². The molecular weight excluding hydrogens is 332 g/mol. The molecule has 1 unspecified atom stereocenters. The average molecular weight is 367 g/mol. The molecule has 1 heterocycles. The molecule has 27 heavy (non-hydrogen) atoms. The van der Waals surface area contributed by atoms with Gasteiger partial charge in [-0.1, -0.05) is 36.4 Å². The molecule has 0 bridgehead atoms. The molecule has 1 aliphatic rings. The van der Waals surface area contributed by atoms with Crippen molar-refractivity contribution >= 4 is 0 Å². The van der Waals surface area contributed by atoms with E-state index in [4.69, 9.17) is 4.74 Å². The summed E-state index contributed by atoms with van der Waals surface area (Å²) in [6.45, 7) is 16.9. The van der Waals surface area contributed by atoms with Crippen LogP contribution in [0.5, 0.6) is 5.75 Å². The van der Waals surface area contributed by atoms with Crippen molar-refractivity contribution in [2.75, 3.05) is 6.61 Å². The Morgan fingerprint density at radius 1 is 0.963 bits per heavy atom. The number of hydrogen-bond acceptors (Lipinski definition) is 3. The van der Waals surface area contributed by atoms with Gasteiger partial charge in [0.2, 0.25) is 0 Å². The third kappa shape index (κ3) is 4.20. The molecule has 1 atom stereocenters. The van der Waals surface area contributed by atoms with Crippen molar-refractivity contribution in [3.05, 3.63) is 64.2 Å². The SMILES string of the molecule is Cc1cccc(C)c1OCC(C)NCc1ccc2c(c1)C(C)(C)NC2(C)C. The lowest BCUT2D eigenvalue weighted by Gasteiger charge is -2.25. The highest BCUT2D eigenvalue weighted by atomic mass is 16.5. The van der Waals surface area contributed by atoms with Crippen molar-refractivity contribution in [2.24, 2.45) is 0 Å². The van der Waals surface area contributed by atoms with E-state index in [2.05, 4.69) is 95.5 Å². The van der Waals surface area contributed by atoms with E-state index in [0.717, 1.165) is 12.3 Å². The summed E-state index contributed by atoms with van der Waals surface area (Å²) in [5.74, 6) is 1.01. The van der Waals surface area contributed by atoms with Gasteiger partial charge in [0.25, 0.3) is 0 Å². The largest absolute Gasteiger partial charge is 0.491 e. The lowest BCUT2D eigenvalue weighted by atomic mass is 9.89. The topological polar surface area (TPSA) is 33.3 Å². The molecule has 0 radical (unpaired) electrons. The molecule has 0 spiro atoms. The number of para-hydroxylation sites is 1. The van der Waals surface area contributed by atoms with E-state index in [-0.39, 0.29) is 17.1 Å². The molecule has 0 saturated heterocycles. The third-order valence-electron chi connectivity index (χ3n) is 5.60. The standard InChI is InChI=1S/C24H34N2O/c1-16-9-8-10-17(2)22(16)27-15-18(3)25-14-19-11-12-20-21(13-19)24(6,7)26-23(20,4)5/h8-13,18,25-26H,14-15H2,1-7H3. The quantitative estimate of drug-likeness (QED) is 0.760. The Morgan fingerprint density at radius 3 is 2.26 bits per heavy atom. The minimum atomic E-state index is 0.00589. The Hall–Kier alpha value is -1.84. The summed E-state index contributed by atoms with van der Waals surface area (Å²) in [7, 11) is 0. The fraction of sp³-hybridized carbons (Fsp3) is 0.500. The molecule has 2 aromatic carbocycles. The van der Waals surface area contributed by atoms with Crippen LogP contribution in [0.15, 0.2) is 36.4 Å². The second kappa shape index (κ2) is 7.29. The maximum Gasteiger partial charge on any atom is 0.125 e. The molecule has 2 N–H and O–H groups in total. The molecule has 0 amide bonds. The van der Waals surface area contributed by atoms with Gasteiger partial charge in [-0.05, 0) is 76.3 Å². The smallest absolute Gasteiger partial charge is 0.125 e. The van der Waals surface area contributed by atoms with Gasteiger partial charge in [-0.2, -0.15) is 0 Å². The fourth-order valence-corrected chi connectivity index (χ4v) is 4.27. The number of rotatable bonds is 6. The number of aryl methyl sites for hydroxylation is 2. The molecule has 2 aromatic rings. The van der Waals surface area contributed by atoms with Gasteiger partial charge in [-0.3, -0.25) is 5.32 Å². The molecule has 1 aliphatic heterocycles. The molecule has 3 heteroatoms. The Labute approximate surface area is 164 Å². The highest BCUT2D eigenvalue weighted by molar-refractivity contribution is 5.45. The number of nitrogens with one attached hydrogen (secondary N) is 2. The molecule has 0 fully saturated rings. The van der Waals surface area contributed by atoms with E-state index in [0.29, 0.717) is 6.61 Å². The predicted molar refractivity (Wildman–Crippen MR) is 113 cm³/mol. The first-order valence-corrected chi connectivity index (χ1v) is 9.96. The number of hydrogen-bond donors (Lipinski definition) is 2. The van der Waals surface area contributed by atoms with Gasteiger partial charge in [0.1, 0.15) is 12.4 Å². The third-order valence-corrected chi connectivity index (χ3v) is 5.60. The first kappa shape index (κ1) is 19.9. The second-order valence-electron chi connectivity index (χ2n) is 9.07. The highest BCUT2D eigenvalue weighted by Crippen LogP contribution is 2.40. The van der Waals surface area contributed by atoms with Crippen molar-refractivity contribution in [3.63, 3.8) is 0 Å². The summed E-state index contributed by atoms with van der Waals surface area (Å²) >= 11 is 0. The zero-order valence-electron chi connectivity index (χ0n) is 17.9. The maximum absolute atomic E-state index is 6.08. The van der Waals surface area contributed by atoms with Crippen LogP contribution < -0.4 is 15.4 Å². The molecule has 3 rings (SSSR count). The maximum atomic E-state index is 6.08. The molecular formula is C24H34N2O. The van der Waals surface area contributed by atoms with E-state index in [1.54, 1.807) is 0 Å². The van der Waals surface area contributed by atoms with Gasteiger partial charge in [-0.25, -0.2) is 0 Å². The van der Waals surface area contributed by atoms with Crippen LogP contribution in [0.1, 0.15) is 62.4 Å². The first-order valence-electron chi connectivity index (χ1n) is 9.96. The molecule has 3 nitrogen and oxygen atoms in total. The van der Waals surface area contributed by atoms with Crippen LogP contribution >= 0.6 is 0 Å². The summed E-state index contributed by atoms with van der Waals surface area (Å²) in [6, 6.07) is 13.4. The Balaban J connectivity index is 1.61. The van der Waals surface area contributed by atoms with E-state index < -0.39 is 0 Å². The monoisotopic (exact) mass is 366 g/mol. The van der Waals surface area contributed by atoms with Gasteiger partial charge in [0.15, 0.2) is 0 Å². The number of benzene rings is 2. The van der Waals surface area contributed by atoms with Gasteiger partial charge >= 0.3 is 0 Å². The highest BCUT2D eigenvalue weighted by Gasteiger charge is 2.40. The second-order valence-corrected chi connectivity index (χ2v) is 9.07. The van der Waals surface area contributed by atoms with Crippen molar-refractivity contribution in [3.8, 4) is 5.75 Å². The van der Waals surface area contributed by atoms with Gasteiger partial charge in [0, 0.05) is 23.7 Å². The van der Waals surface area contributed by atoms with Crippen LogP contribution in [0, 0.1) is 13.8 Å². The molecule has 0 aromatic heterocycles. The minimum absolute atomic E-state index is 0.00589. The summed E-state index contributed by atoms with van der Waals surface area (Å²) in [5, 5.41) is 7.34. The number of ether oxygens (including phenoxy) is 1. The van der Waals surface area contributed by atoms with Crippen LogP contribution in [-0.4, -0.2) is 12.6 Å². The van der Waals surface area contributed by atoms with Crippen LogP contribution in [0.3, 0.4) is 0 Å². The van der Waals surface area contributed by atoms with Crippen molar-refractivity contribution in [1.29, 1.82) is 0 Å². The lowest BCUT2D eigenvalue weighted by molar-refractivity contribution is 0.269. The molecule has 0 saturated carbocycles. The van der Waals surface area contributed by atoms with Crippen LogP contribution in [0.2, 0.25) is 0 Å². The molecule has 146 valence electrons. The van der Waals surface area contributed by atoms with E-state index in [1.165, 1.54) is 27.8 Å². The Bertz CT molecular complexity index is 803. The van der Waals surface area contributed by atoms with E-state index in [9.17, 15) is 0 Å². The van der Waals surface area contributed by atoms with Crippen molar-refractivity contribution in [2.45, 2.75) is 72.1 Å². The zero-order chi connectivity index (χ0) is 19.8. The summed E-state index contributed by atoms with van der Waals surface area (Å²) in [5.41, 5.74) is 6.55. The van der Waals surface area contributed by atoms with E-state index >= 15 is 0 Å². The van der Waals surface area contributed by atoms with Crippen LogP contribution in [0.4, 0.5) is 0 Å². The van der Waals surface area contributed by atoms with Crippen LogP contribution in [0.25, 0.3) is 0 Å². The zero-order valence-corrected chi connectivity index (χ0v) is 17.9. The Morgan fingerprint density at radius 2 is 1.59 bits per heavy atom. The molecule has 0 aliphatic carbocycles. The van der Waals surface area contributed by atoms with Crippen molar-refractivity contribution < 1.29 is 4.74 Å².